The minimum absolute atomic E-state index is 0.154. The van der Waals surface area contributed by atoms with Gasteiger partial charge >= 0.3 is 5.97 Å². The van der Waals surface area contributed by atoms with Gasteiger partial charge in [0.15, 0.2) is 0 Å². The van der Waals surface area contributed by atoms with Crippen LogP contribution in [-0.2, 0) is 14.4 Å². The highest BCUT2D eigenvalue weighted by atomic mass is 16.4. The summed E-state index contributed by atoms with van der Waals surface area (Å²) in [6, 6.07) is 0. The van der Waals surface area contributed by atoms with Gasteiger partial charge < -0.3 is 15.7 Å². The highest BCUT2D eigenvalue weighted by Crippen LogP contribution is 2.12. The Kier molecular flexibility index (Phi) is 17.1. The maximum Gasteiger partial charge on any atom is 0.322 e. The van der Waals surface area contributed by atoms with Gasteiger partial charge in [0.2, 0.25) is 11.8 Å². The second-order valence-electron chi connectivity index (χ2n) is 6.94. The van der Waals surface area contributed by atoms with Crippen LogP contribution in [0, 0.1) is 0 Å². The number of carboxylic acids is 1. The number of rotatable bonds is 18. The number of unbranched alkanes of at least 4 members (excludes halogenated alkanes) is 12. The standard InChI is InChI=1S/C20H38N2O4/c1-2-3-4-5-6-7-8-9-10-11-12-13-14-15-18(23)21-16-19(24)22-17-20(25)26/h2-17H2,1H3,(H,21,23)(H,22,24)(H,25,26). The topological polar surface area (TPSA) is 95.5 Å². The first-order valence-corrected chi connectivity index (χ1v) is 10.3. The first-order valence-electron chi connectivity index (χ1n) is 10.3. The van der Waals surface area contributed by atoms with E-state index in [4.69, 9.17) is 5.11 Å². The Morgan fingerprint density at radius 2 is 1.04 bits per heavy atom. The molecule has 0 aromatic rings. The highest BCUT2D eigenvalue weighted by molar-refractivity contribution is 5.86. The molecule has 0 unspecified atom stereocenters. The van der Waals surface area contributed by atoms with Crippen molar-refractivity contribution < 1.29 is 19.5 Å². The quantitative estimate of drug-likeness (QED) is 0.320. The molecular formula is C20H38N2O4. The molecule has 0 saturated heterocycles. The lowest BCUT2D eigenvalue weighted by Crippen LogP contribution is -2.38. The van der Waals surface area contributed by atoms with Gasteiger partial charge in [-0.3, -0.25) is 14.4 Å². The minimum Gasteiger partial charge on any atom is -0.480 e. The van der Waals surface area contributed by atoms with Crippen LogP contribution in [0.5, 0.6) is 0 Å². The molecule has 0 aliphatic rings. The van der Waals surface area contributed by atoms with E-state index < -0.39 is 18.4 Å². The summed E-state index contributed by atoms with van der Waals surface area (Å²) in [6.07, 6.45) is 16.8. The van der Waals surface area contributed by atoms with E-state index in [1.807, 2.05) is 0 Å². The molecule has 0 aromatic carbocycles. The van der Waals surface area contributed by atoms with Crippen LogP contribution < -0.4 is 10.6 Å². The van der Waals surface area contributed by atoms with E-state index >= 15 is 0 Å². The number of nitrogens with one attached hydrogen (secondary N) is 2. The van der Waals surface area contributed by atoms with Crippen LogP contribution in [0.1, 0.15) is 96.8 Å². The molecule has 2 amide bonds. The Labute approximate surface area is 158 Å². The summed E-state index contributed by atoms with van der Waals surface area (Å²) >= 11 is 0. The number of carboxylic acid groups (broad SMARTS) is 1. The summed E-state index contributed by atoms with van der Waals surface area (Å²) in [5.74, 6) is -1.73. The van der Waals surface area contributed by atoms with Gasteiger partial charge in [0.25, 0.3) is 0 Å². The molecule has 0 spiro atoms. The van der Waals surface area contributed by atoms with Crippen LogP contribution in [0.3, 0.4) is 0 Å². The minimum atomic E-state index is -1.10. The van der Waals surface area contributed by atoms with Crippen molar-refractivity contribution in [3.8, 4) is 0 Å². The molecule has 0 bridgehead atoms. The number of amides is 2. The van der Waals surface area contributed by atoms with E-state index in [-0.39, 0.29) is 12.5 Å². The monoisotopic (exact) mass is 370 g/mol. The van der Waals surface area contributed by atoms with Crippen LogP contribution in [0.2, 0.25) is 0 Å². The third kappa shape index (κ3) is 18.7. The predicted molar refractivity (Wildman–Crippen MR) is 104 cm³/mol. The normalized spacial score (nSPS) is 10.5. The van der Waals surface area contributed by atoms with Gasteiger partial charge in [-0.1, -0.05) is 84.0 Å². The Hall–Kier alpha value is -1.59. The van der Waals surface area contributed by atoms with Crippen molar-refractivity contribution in [1.29, 1.82) is 0 Å². The fourth-order valence-corrected chi connectivity index (χ4v) is 2.81. The van der Waals surface area contributed by atoms with E-state index in [1.165, 1.54) is 64.2 Å². The van der Waals surface area contributed by atoms with E-state index in [1.54, 1.807) is 0 Å². The average molecular weight is 371 g/mol. The third-order valence-corrected chi connectivity index (χ3v) is 4.39. The summed E-state index contributed by atoms with van der Waals surface area (Å²) in [4.78, 5) is 33.1. The zero-order valence-electron chi connectivity index (χ0n) is 16.5. The Morgan fingerprint density at radius 1 is 0.615 bits per heavy atom. The summed E-state index contributed by atoms with van der Waals surface area (Å²) in [7, 11) is 0. The predicted octanol–water partition coefficient (Wildman–Crippen LogP) is 3.78. The number of hydrogen-bond donors (Lipinski definition) is 3. The van der Waals surface area contributed by atoms with Crippen molar-refractivity contribution in [2.45, 2.75) is 96.8 Å². The van der Waals surface area contributed by atoms with Crippen molar-refractivity contribution in [2.75, 3.05) is 13.1 Å². The van der Waals surface area contributed by atoms with Crippen LogP contribution >= 0.6 is 0 Å². The van der Waals surface area contributed by atoms with Gasteiger partial charge in [-0.15, -0.1) is 0 Å². The molecule has 0 saturated carbocycles. The second kappa shape index (κ2) is 18.2. The average Bonchev–Trinajstić information content (AvgIpc) is 2.62. The lowest BCUT2D eigenvalue weighted by molar-refractivity contribution is -0.137. The Bertz CT molecular complexity index is 386. The molecule has 26 heavy (non-hydrogen) atoms. The molecule has 0 aromatic heterocycles. The maximum atomic E-state index is 11.6. The largest absolute Gasteiger partial charge is 0.480 e. The van der Waals surface area contributed by atoms with Gasteiger partial charge in [0.1, 0.15) is 6.54 Å². The highest BCUT2D eigenvalue weighted by Gasteiger charge is 2.06. The summed E-state index contributed by atoms with van der Waals surface area (Å²) in [6.45, 7) is 1.66. The number of carbonyl (C=O) groups excluding carboxylic acids is 2. The first-order chi connectivity index (χ1) is 12.6. The lowest BCUT2D eigenvalue weighted by Gasteiger charge is -2.05. The van der Waals surface area contributed by atoms with Crippen LogP contribution in [0.4, 0.5) is 0 Å². The molecule has 0 aliphatic heterocycles. The molecule has 6 nitrogen and oxygen atoms in total. The van der Waals surface area contributed by atoms with Crippen molar-refractivity contribution in [1.82, 2.24) is 10.6 Å². The van der Waals surface area contributed by atoms with Gasteiger partial charge in [0, 0.05) is 6.42 Å². The first kappa shape index (κ1) is 24.4. The van der Waals surface area contributed by atoms with Gasteiger partial charge in [0.05, 0.1) is 6.54 Å². The molecule has 3 N–H and O–H groups in total. The molecular weight excluding hydrogens is 332 g/mol. The molecule has 6 heteroatoms. The summed E-state index contributed by atoms with van der Waals surface area (Å²) < 4.78 is 0. The summed E-state index contributed by atoms with van der Waals surface area (Å²) in [5.41, 5.74) is 0. The Morgan fingerprint density at radius 3 is 1.50 bits per heavy atom. The molecule has 0 aliphatic carbocycles. The lowest BCUT2D eigenvalue weighted by atomic mass is 10.0. The van der Waals surface area contributed by atoms with Crippen molar-refractivity contribution in [2.24, 2.45) is 0 Å². The zero-order chi connectivity index (χ0) is 19.5. The molecule has 152 valence electrons. The van der Waals surface area contributed by atoms with Crippen LogP contribution in [0.25, 0.3) is 0 Å². The van der Waals surface area contributed by atoms with Crippen LogP contribution in [0.15, 0.2) is 0 Å². The second-order valence-corrected chi connectivity index (χ2v) is 6.94. The molecule has 0 atom stereocenters. The number of carbonyl (C=O) groups is 3. The Balaban J connectivity index is 3.28. The van der Waals surface area contributed by atoms with Crippen LogP contribution in [-0.4, -0.2) is 36.0 Å². The van der Waals surface area contributed by atoms with Gasteiger partial charge in [-0.25, -0.2) is 0 Å². The van der Waals surface area contributed by atoms with Gasteiger partial charge in [-0.2, -0.15) is 0 Å². The molecule has 0 rings (SSSR count). The third-order valence-electron chi connectivity index (χ3n) is 4.39. The van der Waals surface area contributed by atoms with E-state index in [2.05, 4.69) is 17.6 Å². The zero-order valence-corrected chi connectivity index (χ0v) is 16.5. The number of hydrogen-bond acceptors (Lipinski definition) is 3. The molecule has 0 radical (unpaired) electrons. The van der Waals surface area contributed by atoms with E-state index in [9.17, 15) is 14.4 Å². The van der Waals surface area contributed by atoms with Crippen molar-refractivity contribution in [3.05, 3.63) is 0 Å². The molecule has 0 heterocycles. The van der Waals surface area contributed by atoms with Crippen molar-refractivity contribution >= 4 is 17.8 Å². The smallest absolute Gasteiger partial charge is 0.322 e. The fraction of sp³-hybridized carbons (Fsp3) is 0.850. The SMILES string of the molecule is CCCCCCCCCCCCCCCC(=O)NCC(=O)NCC(=O)O. The fourth-order valence-electron chi connectivity index (χ4n) is 2.81. The maximum absolute atomic E-state index is 11.6. The van der Waals surface area contributed by atoms with Gasteiger partial charge in [-0.05, 0) is 6.42 Å². The van der Waals surface area contributed by atoms with E-state index in [0.29, 0.717) is 6.42 Å². The molecule has 0 fully saturated rings. The van der Waals surface area contributed by atoms with Crippen molar-refractivity contribution in [3.63, 3.8) is 0 Å². The summed E-state index contributed by atoms with van der Waals surface area (Å²) in [5, 5.41) is 13.1. The number of aliphatic carboxylic acids is 1. The van der Waals surface area contributed by atoms with E-state index in [0.717, 1.165) is 19.3 Å².